The number of nitriles is 1. The number of ether oxygens (including phenoxy) is 1. The molecule has 4 nitrogen and oxygen atoms in total. The molecule has 0 bridgehead atoms. The van der Waals surface area contributed by atoms with Crippen molar-refractivity contribution in [2.24, 2.45) is 0 Å². The van der Waals surface area contributed by atoms with Crippen LogP contribution >= 0.6 is 10.7 Å². The standard InChI is InChI=1S/C9H6ClF2NO3S/c1-16-8-3-5(17(10,14)15)2-6(9(11)12)7(8)4-13/h2-3,9H,1H3. The molecule has 0 amide bonds. The Hall–Kier alpha value is -1.39. The summed E-state index contributed by atoms with van der Waals surface area (Å²) in [7, 11) is 2.02. The fourth-order valence-electron chi connectivity index (χ4n) is 1.20. The molecule has 0 saturated heterocycles. The minimum Gasteiger partial charge on any atom is -0.495 e. The first kappa shape index (κ1) is 13.7. The third-order valence-corrected chi connectivity index (χ3v) is 3.29. The minimum atomic E-state index is -4.17. The van der Waals surface area contributed by atoms with Crippen LogP contribution in [0, 0.1) is 11.3 Å². The SMILES string of the molecule is COc1cc(S(=O)(=O)Cl)cc(C(F)F)c1C#N. The van der Waals surface area contributed by atoms with Gasteiger partial charge in [-0.3, -0.25) is 0 Å². The first-order valence-electron chi connectivity index (χ1n) is 4.16. The molecule has 8 heteroatoms. The van der Waals surface area contributed by atoms with E-state index in [0.717, 1.165) is 13.2 Å². The number of hydrogen-bond donors (Lipinski definition) is 0. The van der Waals surface area contributed by atoms with Crippen molar-refractivity contribution in [3.63, 3.8) is 0 Å². The minimum absolute atomic E-state index is 0.260. The zero-order valence-corrected chi connectivity index (χ0v) is 10.0. The largest absolute Gasteiger partial charge is 0.495 e. The van der Waals surface area contributed by atoms with E-state index in [2.05, 4.69) is 4.74 Å². The predicted octanol–water partition coefficient (Wildman–Crippen LogP) is 2.43. The highest BCUT2D eigenvalue weighted by Crippen LogP contribution is 2.33. The van der Waals surface area contributed by atoms with Crippen LogP contribution < -0.4 is 4.74 Å². The lowest BCUT2D eigenvalue weighted by molar-refractivity contribution is 0.150. The maximum atomic E-state index is 12.7. The van der Waals surface area contributed by atoms with Gasteiger partial charge in [-0.05, 0) is 6.07 Å². The van der Waals surface area contributed by atoms with Crippen molar-refractivity contribution in [2.75, 3.05) is 7.11 Å². The van der Waals surface area contributed by atoms with Crippen LogP contribution in [0.25, 0.3) is 0 Å². The third-order valence-electron chi connectivity index (χ3n) is 1.95. The van der Waals surface area contributed by atoms with Crippen molar-refractivity contribution in [3.8, 4) is 11.8 Å². The molecule has 0 aromatic heterocycles. The molecule has 0 aliphatic heterocycles. The van der Waals surface area contributed by atoms with E-state index in [-0.39, 0.29) is 5.75 Å². The monoisotopic (exact) mass is 281 g/mol. The Morgan fingerprint density at radius 1 is 1.47 bits per heavy atom. The van der Waals surface area contributed by atoms with Crippen LogP contribution in [0.3, 0.4) is 0 Å². The maximum absolute atomic E-state index is 12.7. The molecule has 0 atom stereocenters. The molecule has 0 spiro atoms. The molecule has 92 valence electrons. The van der Waals surface area contributed by atoms with Crippen molar-refractivity contribution in [3.05, 3.63) is 23.3 Å². The summed E-state index contributed by atoms with van der Waals surface area (Å²) in [6, 6.07) is 3.12. The van der Waals surface area contributed by atoms with Gasteiger partial charge in [-0.2, -0.15) is 5.26 Å². The van der Waals surface area contributed by atoms with Crippen molar-refractivity contribution in [1.82, 2.24) is 0 Å². The number of hydrogen-bond acceptors (Lipinski definition) is 4. The Morgan fingerprint density at radius 2 is 2.06 bits per heavy atom. The van der Waals surface area contributed by atoms with Crippen LogP contribution in [0.2, 0.25) is 0 Å². The normalized spacial score (nSPS) is 11.3. The molecule has 0 aliphatic carbocycles. The average molecular weight is 282 g/mol. The highest BCUT2D eigenvalue weighted by atomic mass is 35.7. The Morgan fingerprint density at radius 3 is 2.41 bits per heavy atom. The summed E-state index contributed by atoms with van der Waals surface area (Å²) in [5.74, 6) is -0.260. The molecule has 0 radical (unpaired) electrons. The van der Waals surface area contributed by atoms with Gasteiger partial charge in [-0.25, -0.2) is 17.2 Å². The van der Waals surface area contributed by atoms with Gasteiger partial charge in [0, 0.05) is 22.3 Å². The van der Waals surface area contributed by atoms with Crippen molar-refractivity contribution in [1.29, 1.82) is 5.26 Å². The molecule has 0 saturated carbocycles. The smallest absolute Gasteiger partial charge is 0.265 e. The lowest BCUT2D eigenvalue weighted by atomic mass is 10.1. The van der Waals surface area contributed by atoms with Gasteiger partial charge in [-0.1, -0.05) is 0 Å². The van der Waals surface area contributed by atoms with Gasteiger partial charge in [0.1, 0.15) is 17.4 Å². The highest BCUT2D eigenvalue weighted by Gasteiger charge is 2.22. The molecule has 1 aromatic carbocycles. The van der Waals surface area contributed by atoms with Crippen LogP contribution in [0.4, 0.5) is 8.78 Å². The van der Waals surface area contributed by atoms with E-state index in [1.807, 2.05) is 0 Å². The van der Waals surface area contributed by atoms with E-state index in [9.17, 15) is 17.2 Å². The second kappa shape index (κ2) is 4.85. The zero-order valence-electron chi connectivity index (χ0n) is 8.45. The second-order valence-corrected chi connectivity index (χ2v) is 5.51. The highest BCUT2D eigenvalue weighted by molar-refractivity contribution is 8.13. The summed E-state index contributed by atoms with van der Waals surface area (Å²) < 4.78 is 52.1. The number of alkyl halides is 2. The summed E-state index contributed by atoms with van der Waals surface area (Å²) in [6.45, 7) is 0. The molecule has 1 aromatic rings. The van der Waals surface area contributed by atoms with Crippen LogP contribution in [0.15, 0.2) is 17.0 Å². The molecular weight excluding hydrogens is 276 g/mol. The van der Waals surface area contributed by atoms with Gasteiger partial charge in [0.25, 0.3) is 15.5 Å². The predicted molar refractivity (Wildman–Crippen MR) is 55.7 cm³/mol. The van der Waals surface area contributed by atoms with Crippen LogP contribution in [-0.2, 0) is 9.05 Å². The molecule has 1 rings (SSSR count). The van der Waals surface area contributed by atoms with E-state index < -0.39 is 31.5 Å². The first-order chi connectivity index (χ1) is 7.81. The molecule has 17 heavy (non-hydrogen) atoms. The van der Waals surface area contributed by atoms with Gasteiger partial charge in [0.15, 0.2) is 0 Å². The van der Waals surface area contributed by atoms with Gasteiger partial charge >= 0.3 is 0 Å². The fraction of sp³-hybridized carbons (Fsp3) is 0.222. The summed E-state index contributed by atoms with van der Waals surface area (Å²) in [5.41, 5.74) is -1.14. The lowest BCUT2D eigenvalue weighted by Gasteiger charge is -2.09. The summed E-state index contributed by atoms with van der Waals surface area (Å²) >= 11 is 0. The van der Waals surface area contributed by atoms with Gasteiger partial charge in [-0.15, -0.1) is 0 Å². The number of nitrogens with zero attached hydrogens (tertiary/aromatic N) is 1. The summed E-state index contributed by atoms with van der Waals surface area (Å²) in [6.07, 6.45) is -3.00. The molecule has 0 heterocycles. The Labute approximate surface area is 101 Å². The van der Waals surface area contributed by atoms with Crippen LogP contribution in [0.1, 0.15) is 17.6 Å². The van der Waals surface area contributed by atoms with Crippen molar-refractivity contribution < 1.29 is 21.9 Å². The van der Waals surface area contributed by atoms with E-state index in [1.165, 1.54) is 6.07 Å². The topological polar surface area (TPSA) is 67.2 Å². The molecule has 0 aliphatic rings. The lowest BCUT2D eigenvalue weighted by Crippen LogP contribution is -2.00. The zero-order chi connectivity index (χ0) is 13.2. The van der Waals surface area contributed by atoms with Crippen molar-refractivity contribution in [2.45, 2.75) is 11.3 Å². The summed E-state index contributed by atoms with van der Waals surface area (Å²) in [5, 5.41) is 8.73. The first-order valence-corrected chi connectivity index (χ1v) is 6.47. The summed E-state index contributed by atoms with van der Waals surface area (Å²) in [4.78, 5) is -0.537. The maximum Gasteiger partial charge on any atom is 0.265 e. The van der Waals surface area contributed by atoms with Crippen LogP contribution in [-0.4, -0.2) is 15.5 Å². The van der Waals surface area contributed by atoms with E-state index in [0.29, 0.717) is 6.07 Å². The van der Waals surface area contributed by atoms with Gasteiger partial charge in [0.05, 0.1) is 12.0 Å². The van der Waals surface area contributed by atoms with Crippen molar-refractivity contribution >= 4 is 19.7 Å². The third kappa shape index (κ3) is 2.84. The number of rotatable bonds is 3. The quantitative estimate of drug-likeness (QED) is 0.798. The number of methoxy groups -OCH3 is 1. The van der Waals surface area contributed by atoms with E-state index in [4.69, 9.17) is 15.9 Å². The number of benzene rings is 1. The van der Waals surface area contributed by atoms with Gasteiger partial charge < -0.3 is 4.74 Å². The second-order valence-electron chi connectivity index (χ2n) is 2.94. The molecule has 0 fully saturated rings. The fourth-order valence-corrected chi connectivity index (χ4v) is 1.99. The van der Waals surface area contributed by atoms with E-state index in [1.54, 1.807) is 0 Å². The molecular formula is C9H6ClF2NO3S. The van der Waals surface area contributed by atoms with E-state index >= 15 is 0 Å². The Kier molecular flexibility index (Phi) is 3.91. The average Bonchev–Trinajstić information content (AvgIpc) is 2.25. The Balaban J connectivity index is 3.65. The molecule has 0 N–H and O–H groups in total. The Bertz CT molecular complexity index is 581. The van der Waals surface area contributed by atoms with Crippen LogP contribution in [0.5, 0.6) is 5.75 Å². The molecule has 0 unspecified atom stereocenters. The number of halogens is 3. The van der Waals surface area contributed by atoms with Gasteiger partial charge in [0.2, 0.25) is 0 Å².